The Labute approximate surface area is 145 Å². The maximum Gasteiger partial charge on any atom is 0.0705 e. The fourth-order valence-electron chi connectivity index (χ4n) is 3.81. The summed E-state index contributed by atoms with van der Waals surface area (Å²) in [5, 5.41) is 4.84. The molecular formula is C21H29N3. The number of aromatic nitrogens is 1. The van der Waals surface area contributed by atoms with E-state index in [1.807, 2.05) is 12.1 Å². The Kier molecular flexibility index (Phi) is 5.32. The van der Waals surface area contributed by atoms with Gasteiger partial charge in [-0.1, -0.05) is 44.2 Å². The third kappa shape index (κ3) is 4.03. The molecule has 0 spiro atoms. The van der Waals surface area contributed by atoms with Crippen LogP contribution in [0, 0.1) is 11.3 Å². The van der Waals surface area contributed by atoms with Crippen LogP contribution >= 0.6 is 0 Å². The number of hydrogen-bond donors (Lipinski definition) is 1. The lowest BCUT2D eigenvalue weighted by molar-refractivity contribution is 0.0622. The largest absolute Gasteiger partial charge is 0.311 e. The number of benzene rings is 1. The number of pyridine rings is 1. The molecular weight excluding hydrogens is 294 g/mol. The molecule has 1 saturated heterocycles. The van der Waals surface area contributed by atoms with Gasteiger partial charge in [0.2, 0.25) is 0 Å². The molecule has 1 aliphatic heterocycles. The molecule has 24 heavy (non-hydrogen) atoms. The maximum absolute atomic E-state index is 4.75. The van der Waals surface area contributed by atoms with Gasteiger partial charge in [-0.3, -0.25) is 9.88 Å². The number of fused-ring (bicyclic) bond motifs is 1. The van der Waals surface area contributed by atoms with Gasteiger partial charge in [0.25, 0.3) is 0 Å². The highest BCUT2D eigenvalue weighted by Crippen LogP contribution is 2.34. The molecule has 1 aromatic carbocycles. The van der Waals surface area contributed by atoms with E-state index in [2.05, 4.69) is 61.0 Å². The molecule has 3 heteroatoms. The zero-order valence-corrected chi connectivity index (χ0v) is 15.0. The highest BCUT2D eigenvalue weighted by molar-refractivity contribution is 5.78. The van der Waals surface area contributed by atoms with Crippen LogP contribution in [0.4, 0.5) is 0 Å². The van der Waals surface area contributed by atoms with Crippen LogP contribution in [0.3, 0.4) is 0 Å². The van der Waals surface area contributed by atoms with Crippen LogP contribution in [0.1, 0.15) is 26.0 Å². The lowest BCUT2D eigenvalue weighted by Crippen LogP contribution is -2.48. The predicted octanol–water partition coefficient (Wildman–Crippen LogP) is 3.86. The molecule has 1 aliphatic rings. The van der Waals surface area contributed by atoms with E-state index < -0.39 is 0 Å². The van der Waals surface area contributed by atoms with Gasteiger partial charge in [0.05, 0.1) is 11.2 Å². The first kappa shape index (κ1) is 17.1. The molecule has 0 saturated carbocycles. The second-order valence-corrected chi connectivity index (χ2v) is 7.62. The molecule has 1 N–H and O–H groups in total. The highest BCUT2D eigenvalue weighted by Gasteiger charge is 2.34. The smallest absolute Gasteiger partial charge is 0.0705 e. The molecule has 0 radical (unpaired) electrons. The number of nitrogens with one attached hydrogen (secondary N) is 1. The molecule has 0 bridgehead atoms. The fraction of sp³-hybridized carbons (Fsp3) is 0.476. The van der Waals surface area contributed by atoms with Gasteiger partial charge >= 0.3 is 0 Å². The second-order valence-electron chi connectivity index (χ2n) is 7.62. The molecule has 1 atom stereocenters. The molecule has 3 nitrogen and oxygen atoms in total. The average molecular weight is 323 g/mol. The van der Waals surface area contributed by atoms with Crippen LogP contribution in [0.5, 0.6) is 0 Å². The number of para-hydroxylation sites is 1. The first-order valence-corrected chi connectivity index (χ1v) is 8.97. The van der Waals surface area contributed by atoms with Crippen LogP contribution in [0.2, 0.25) is 0 Å². The van der Waals surface area contributed by atoms with Crippen molar-refractivity contribution in [3.05, 3.63) is 54.7 Å². The standard InChI is InChI=1S/C21H29N3/c1-4-12-24-13-11-18(21(2,3)16-24)14-22-15-19-10-9-17-7-5-6-8-20(17)23-19/h4-10,18,22H,1,11-16H2,2-3H3. The van der Waals surface area contributed by atoms with Gasteiger partial charge in [0.15, 0.2) is 0 Å². The third-order valence-electron chi connectivity index (χ3n) is 5.27. The van der Waals surface area contributed by atoms with Gasteiger partial charge in [0.1, 0.15) is 0 Å². The van der Waals surface area contributed by atoms with Crippen molar-refractivity contribution in [1.29, 1.82) is 0 Å². The summed E-state index contributed by atoms with van der Waals surface area (Å²) in [6.45, 7) is 13.9. The predicted molar refractivity (Wildman–Crippen MR) is 102 cm³/mol. The Morgan fingerprint density at radius 2 is 2.12 bits per heavy atom. The van der Waals surface area contributed by atoms with Crippen molar-refractivity contribution in [2.45, 2.75) is 26.8 Å². The minimum atomic E-state index is 0.338. The van der Waals surface area contributed by atoms with Crippen molar-refractivity contribution >= 4 is 10.9 Å². The van der Waals surface area contributed by atoms with Gasteiger partial charge in [-0.25, -0.2) is 0 Å². The zero-order chi connectivity index (χ0) is 17.0. The van der Waals surface area contributed by atoms with E-state index in [9.17, 15) is 0 Å². The Bertz CT molecular complexity index is 692. The first-order chi connectivity index (χ1) is 11.6. The molecule has 1 aromatic heterocycles. The number of piperidine rings is 1. The molecule has 3 rings (SSSR count). The minimum Gasteiger partial charge on any atom is -0.311 e. The van der Waals surface area contributed by atoms with Crippen molar-refractivity contribution in [2.24, 2.45) is 11.3 Å². The lowest BCUT2D eigenvalue weighted by atomic mass is 9.74. The average Bonchev–Trinajstić information content (AvgIpc) is 2.56. The monoisotopic (exact) mass is 323 g/mol. The molecule has 128 valence electrons. The zero-order valence-electron chi connectivity index (χ0n) is 15.0. The van der Waals surface area contributed by atoms with E-state index in [4.69, 9.17) is 4.98 Å². The van der Waals surface area contributed by atoms with Crippen molar-refractivity contribution in [3.63, 3.8) is 0 Å². The molecule has 1 fully saturated rings. The summed E-state index contributed by atoms with van der Waals surface area (Å²) in [6, 6.07) is 12.6. The first-order valence-electron chi connectivity index (χ1n) is 8.97. The van der Waals surface area contributed by atoms with Crippen LogP contribution in [-0.4, -0.2) is 36.1 Å². The Morgan fingerprint density at radius 1 is 1.29 bits per heavy atom. The number of likely N-dealkylation sites (tertiary alicyclic amines) is 1. The normalized spacial score (nSPS) is 21.0. The van der Waals surface area contributed by atoms with Crippen LogP contribution < -0.4 is 5.32 Å². The molecule has 2 aromatic rings. The number of rotatable bonds is 6. The Balaban J connectivity index is 1.54. The summed E-state index contributed by atoms with van der Waals surface area (Å²) in [4.78, 5) is 7.26. The summed E-state index contributed by atoms with van der Waals surface area (Å²) in [7, 11) is 0. The SMILES string of the molecule is C=CCN1CCC(CNCc2ccc3ccccc3n2)C(C)(C)C1. The quantitative estimate of drug-likeness (QED) is 0.818. The molecule has 0 amide bonds. The van der Waals surface area contributed by atoms with Crippen molar-refractivity contribution in [3.8, 4) is 0 Å². The van der Waals surface area contributed by atoms with Crippen LogP contribution in [0.25, 0.3) is 10.9 Å². The van der Waals surface area contributed by atoms with Crippen molar-refractivity contribution in [1.82, 2.24) is 15.2 Å². The van der Waals surface area contributed by atoms with Crippen molar-refractivity contribution in [2.75, 3.05) is 26.2 Å². The van der Waals surface area contributed by atoms with E-state index in [0.29, 0.717) is 11.3 Å². The number of nitrogens with zero attached hydrogens (tertiary/aromatic N) is 2. The Hall–Kier alpha value is -1.71. The van der Waals surface area contributed by atoms with Gasteiger partial charge in [-0.05, 0) is 43.0 Å². The third-order valence-corrected chi connectivity index (χ3v) is 5.27. The Morgan fingerprint density at radius 3 is 2.92 bits per heavy atom. The summed E-state index contributed by atoms with van der Waals surface area (Å²) in [5.74, 6) is 0.707. The summed E-state index contributed by atoms with van der Waals surface area (Å²) in [6.07, 6.45) is 3.26. The van der Waals surface area contributed by atoms with E-state index >= 15 is 0 Å². The molecule has 2 heterocycles. The van der Waals surface area contributed by atoms with E-state index in [0.717, 1.165) is 37.4 Å². The highest BCUT2D eigenvalue weighted by atomic mass is 15.1. The van der Waals surface area contributed by atoms with Gasteiger partial charge in [0, 0.05) is 25.0 Å². The number of hydrogen-bond acceptors (Lipinski definition) is 3. The summed E-state index contributed by atoms with van der Waals surface area (Å²) >= 11 is 0. The molecule has 1 unspecified atom stereocenters. The summed E-state index contributed by atoms with van der Waals surface area (Å²) in [5.41, 5.74) is 2.54. The fourth-order valence-corrected chi connectivity index (χ4v) is 3.81. The van der Waals surface area contributed by atoms with Gasteiger partial charge < -0.3 is 5.32 Å². The van der Waals surface area contributed by atoms with E-state index in [1.54, 1.807) is 0 Å². The van der Waals surface area contributed by atoms with Crippen LogP contribution in [-0.2, 0) is 6.54 Å². The van der Waals surface area contributed by atoms with Crippen LogP contribution in [0.15, 0.2) is 49.1 Å². The molecule has 0 aliphatic carbocycles. The van der Waals surface area contributed by atoms with E-state index in [-0.39, 0.29) is 0 Å². The second kappa shape index (κ2) is 7.45. The van der Waals surface area contributed by atoms with E-state index in [1.165, 1.54) is 18.4 Å². The maximum atomic E-state index is 4.75. The summed E-state index contributed by atoms with van der Waals surface area (Å²) < 4.78 is 0. The minimum absolute atomic E-state index is 0.338. The van der Waals surface area contributed by atoms with Crippen molar-refractivity contribution < 1.29 is 0 Å². The lowest BCUT2D eigenvalue weighted by Gasteiger charge is -2.44. The van der Waals surface area contributed by atoms with Gasteiger partial charge in [-0.2, -0.15) is 0 Å². The van der Waals surface area contributed by atoms with Gasteiger partial charge in [-0.15, -0.1) is 6.58 Å². The topological polar surface area (TPSA) is 28.2 Å².